The van der Waals surface area contributed by atoms with Crippen LogP contribution < -0.4 is 20.4 Å². The van der Waals surface area contributed by atoms with Gasteiger partial charge in [0.25, 0.3) is 0 Å². The largest absolute Gasteiger partial charge is 0.433 e. The number of nitrogens with zero attached hydrogens (tertiary/aromatic N) is 4. The van der Waals surface area contributed by atoms with E-state index in [2.05, 4.69) is 27.5 Å². The van der Waals surface area contributed by atoms with Crippen molar-refractivity contribution in [2.24, 2.45) is 5.92 Å². The third kappa shape index (κ3) is 6.67. The molecule has 2 amide bonds. The monoisotopic (exact) mass is 504 g/mol. The number of amides is 2. The highest BCUT2D eigenvalue weighted by Crippen LogP contribution is 2.36. The normalized spacial score (nSPS) is 15.2. The molecule has 35 heavy (non-hydrogen) atoms. The van der Waals surface area contributed by atoms with Crippen molar-refractivity contribution in [3.8, 4) is 0 Å². The summed E-state index contributed by atoms with van der Waals surface area (Å²) in [6.45, 7) is 2.94. The van der Waals surface area contributed by atoms with E-state index in [0.717, 1.165) is 31.2 Å². The molecule has 2 aromatic heterocycles. The fraction of sp³-hybridized carbons (Fsp3) is 0.500. The summed E-state index contributed by atoms with van der Waals surface area (Å²) in [6.07, 6.45) is -6.63. The molecule has 0 unspecified atom stereocenters. The van der Waals surface area contributed by atoms with E-state index in [0.29, 0.717) is 24.6 Å². The van der Waals surface area contributed by atoms with Gasteiger partial charge in [-0.2, -0.15) is 26.3 Å². The summed E-state index contributed by atoms with van der Waals surface area (Å²) >= 11 is 0. The van der Waals surface area contributed by atoms with E-state index in [9.17, 15) is 31.1 Å². The molecular formula is C22H26F6N6O. The Hall–Kier alpha value is -3.25. The maximum Gasteiger partial charge on any atom is 0.433 e. The highest BCUT2D eigenvalue weighted by atomic mass is 19.4. The van der Waals surface area contributed by atoms with Gasteiger partial charge in [0.1, 0.15) is 22.9 Å². The number of aromatic nitrogens is 2. The van der Waals surface area contributed by atoms with Gasteiger partial charge in [0, 0.05) is 39.3 Å². The van der Waals surface area contributed by atoms with Crippen LogP contribution in [0.1, 0.15) is 36.6 Å². The molecule has 7 nitrogen and oxygen atoms in total. The van der Waals surface area contributed by atoms with Gasteiger partial charge in [0.2, 0.25) is 0 Å². The standard InChI is InChI=1S/C22H26F6N6O/c1-13-6-8-34(9-7-13)18-14(4-5-17(32-18)22(26,27)28)11-30-20(35)31-15-10-16(21(23,24)25)19(29-12-15)33(2)3/h4-5,10,12-13H,6-9,11H2,1-3H3,(H2,30,31,35). The highest BCUT2D eigenvalue weighted by Gasteiger charge is 2.36. The Labute approximate surface area is 198 Å². The van der Waals surface area contributed by atoms with Crippen LogP contribution in [-0.2, 0) is 18.9 Å². The number of hydrogen-bond donors (Lipinski definition) is 2. The molecule has 1 aliphatic heterocycles. The summed E-state index contributed by atoms with van der Waals surface area (Å²) in [5.74, 6) is 0.265. The van der Waals surface area contributed by atoms with Crippen LogP contribution in [0.15, 0.2) is 24.4 Å². The van der Waals surface area contributed by atoms with Crippen LogP contribution in [0.25, 0.3) is 0 Å². The molecule has 3 rings (SSSR count). The SMILES string of the molecule is CC1CCN(c2nc(C(F)(F)F)ccc2CNC(=O)Nc2cnc(N(C)C)c(C(F)(F)F)c2)CC1. The van der Waals surface area contributed by atoms with Gasteiger partial charge >= 0.3 is 18.4 Å². The molecule has 1 saturated heterocycles. The first-order valence-electron chi connectivity index (χ1n) is 10.9. The third-order valence-electron chi connectivity index (χ3n) is 5.62. The Morgan fingerprint density at radius 3 is 2.34 bits per heavy atom. The second-order valence-corrected chi connectivity index (χ2v) is 8.64. The topological polar surface area (TPSA) is 73.4 Å². The number of hydrogen-bond acceptors (Lipinski definition) is 5. The second-order valence-electron chi connectivity index (χ2n) is 8.64. The molecule has 1 aliphatic rings. The van der Waals surface area contributed by atoms with E-state index in [1.54, 1.807) is 4.90 Å². The number of anilines is 3. The van der Waals surface area contributed by atoms with Crippen LogP contribution in [0, 0.1) is 5.92 Å². The van der Waals surface area contributed by atoms with Gasteiger partial charge in [-0.1, -0.05) is 13.0 Å². The zero-order chi connectivity index (χ0) is 26.0. The maximum absolute atomic E-state index is 13.4. The van der Waals surface area contributed by atoms with Gasteiger partial charge in [-0.25, -0.2) is 14.8 Å². The molecular weight excluding hydrogens is 478 g/mol. The Kier molecular flexibility index (Phi) is 7.65. The fourth-order valence-corrected chi connectivity index (χ4v) is 3.71. The number of nitrogens with one attached hydrogen (secondary N) is 2. The van der Waals surface area contributed by atoms with Crippen LogP contribution in [0.2, 0.25) is 0 Å². The molecule has 2 N–H and O–H groups in total. The van der Waals surface area contributed by atoms with Gasteiger partial charge in [-0.05, 0) is 30.9 Å². The molecule has 0 aliphatic carbocycles. The number of pyridine rings is 2. The van der Waals surface area contributed by atoms with E-state index in [4.69, 9.17) is 0 Å². The molecule has 2 aromatic rings. The van der Waals surface area contributed by atoms with E-state index in [1.165, 1.54) is 25.1 Å². The summed E-state index contributed by atoms with van der Waals surface area (Å²) in [5.41, 5.74) is -1.88. The van der Waals surface area contributed by atoms with Crippen molar-refractivity contribution in [1.82, 2.24) is 15.3 Å². The van der Waals surface area contributed by atoms with Crippen molar-refractivity contribution in [1.29, 1.82) is 0 Å². The number of alkyl halides is 6. The molecule has 0 spiro atoms. The summed E-state index contributed by atoms with van der Waals surface area (Å²) < 4.78 is 79.8. The van der Waals surface area contributed by atoms with E-state index >= 15 is 0 Å². The molecule has 192 valence electrons. The Morgan fingerprint density at radius 2 is 1.77 bits per heavy atom. The van der Waals surface area contributed by atoms with Crippen molar-refractivity contribution in [3.63, 3.8) is 0 Å². The molecule has 13 heteroatoms. The lowest BCUT2D eigenvalue weighted by Crippen LogP contribution is -2.36. The van der Waals surface area contributed by atoms with Crippen LogP contribution >= 0.6 is 0 Å². The predicted octanol–water partition coefficient (Wildman–Crippen LogP) is 5.14. The highest BCUT2D eigenvalue weighted by molar-refractivity contribution is 5.89. The fourth-order valence-electron chi connectivity index (χ4n) is 3.71. The van der Waals surface area contributed by atoms with E-state index in [-0.39, 0.29) is 23.9 Å². The van der Waals surface area contributed by atoms with Crippen molar-refractivity contribution >= 4 is 23.4 Å². The first kappa shape index (κ1) is 26.4. The first-order valence-corrected chi connectivity index (χ1v) is 10.9. The molecule has 0 atom stereocenters. The van der Waals surface area contributed by atoms with Crippen molar-refractivity contribution in [2.45, 2.75) is 38.7 Å². The minimum absolute atomic E-state index is 0.128. The summed E-state index contributed by atoms with van der Waals surface area (Å²) in [4.78, 5) is 22.9. The Morgan fingerprint density at radius 1 is 1.11 bits per heavy atom. The first-order chi connectivity index (χ1) is 16.3. The number of piperidine rings is 1. The number of carbonyl (C=O) groups is 1. The Bertz CT molecular complexity index is 1050. The average molecular weight is 504 g/mol. The van der Waals surface area contributed by atoms with Gasteiger partial charge in [-0.15, -0.1) is 0 Å². The number of rotatable bonds is 5. The molecule has 3 heterocycles. The zero-order valence-corrected chi connectivity index (χ0v) is 19.4. The van der Waals surface area contributed by atoms with Gasteiger partial charge in [0.05, 0.1) is 11.9 Å². The van der Waals surface area contributed by atoms with Crippen molar-refractivity contribution in [2.75, 3.05) is 42.3 Å². The summed E-state index contributed by atoms with van der Waals surface area (Å²) in [5, 5.41) is 4.76. The van der Waals surface area contributed by atoms with E-state index < -0.39 is 29.6 Å². The average Bonchev–Trinajstić information content (AvgIpc) is 2.77. The second kappa shape index (κ2) is 10.2. The van der Waals surface area contributed by atoms with Crippen molar-refractivity contribution in [3.05, 3.63) is 41.2 Å². The minimum atomic E-state index is -4.69. The quantitative estimate of drug-likeness (QED) is 0.552. The summed E-state index contributed by atoms with van der Waals surface area (Å²) in [6, 6.07) is 2.01. The predicted molar refractivity (Wildman–Crippen MR) is 119 cm³/mol. The number of carbonyl (C=O) groups excluding carboxylic acids is 1. The number of halogens is 6. The maximum atomic E-state index is 13.4. The lowest BCUT2D eigenvalue weighted by Gasteiger charge is -2.33. The number of urea groups is 1. The molecule has 1 fully saturated rings. The van der Waals surface area contributed by atoms with E-state index in [1.807, 2.05) is 0 Å². The smallest absolute Gasteiger partial charge is 0.362 e. The van der Waals surface area contributed by atoms with Crippen LogP contribution in [0.4, 0.5) is 48.5 Å². The molecule has 0 aromatic carbocycles. The lowest BCUT2D eigenvalue weighted by molar-refractivity contribution is -0.141. The minimum Gasteiger partial charge on any atom is -0.362 e. The van der Waals surface area contributed by atoms with Gasteiger partial charge in [0.15, 0.2) is 0 Å². The summed E-state index contributed by atoms with van der Waals surface area (Å²) in [7, 11) is 2.83. The van der Waals surface area contributed by atoms with Crippen LogP contribution in [-0.4, -0.2) is 43.2 Å². The zero-order valence-electron chi connectivity index (χ0n) is 19.4. The molecule has 0 saturated carbocycles. The van der Waals surface area contributed by atoms with Crippen LogP contribution in [0.3, 0.4) is 0 Å². The van der Waals surface area contributed by atoms with Gasteiger partial charge < -0.3 is 20.4 Å². The van der Waals surface area contributed by atoms with Crippen LogP contribution in [0.5, 0.6) is 0 Å². The van der Waals surface area contributed by atoms with Gasteiger partial charge in [-0.3, -0.25) is 0 Å². The molecule has 0 bridgehead atoms. The van der Waals surface area contributed by atoms with Crippen molar-refractivity contribution < 1.29 is 31.1 Å². The molecule has 0 radical (unpaired) electrons. The lowest BCUT2D eigenvalue weighted by atomic mass is 9.99. The Balaban J connectivity index is 1.76. The third-order valence-corrected chi connectivity index (χ3v) is 5.62.